The highest BCUT2D eigenvalue weighted by Gasteiger charge is 2.73. The van der Waals surface area contributed by atoms with E-state index in [4.69, 9.17) is 0 Å². The Labute approximate surface area is 149 Å². The number of benzene rings is 2. The molecule has 3 fully saturated rings. The molecule has 6 heteroatoms. The van der Waals surface area contributed by atoms with Gasteiger partial charge in [-0.25, -0.2) is 0 Å². The molecule has 26 heavy (non-hydrogen) atoms. The zero-order valence-electron chi connectivity index (χ0n) is 13.6. The van der Waals surface area contributed by atoms with E-state index in [1.807, 2.05) is 0 Å². The molecule has 2 saturated heterocycles. The van der Waals surface area contributed by atoms with Crippen molar-refractivity contribution in [3.05, 3.63) is 60.7 Å². The van der Waals surface area contributed by atoms with Gasteiger partial charge in [0, 0.05) is 0 Å². The number of imide groups is 2. The molecule has 6 nitrogen and oxygen atoms in total. The SMILES string of the molecule is O=C1C2C(C(=O)N1c1ccccc1)C1C(=O)N(c3ccccc3)C(=O)C21. The van der Waals surface area contributed by atoms with E-state index in [1.54, 1.807) is 60.7 Å². The average molecular weight is 346 g/mol. The highest BCUT2D eigenvalue weighted by Crippen LogP contribution is 2.57. The Morgan fingerprint density at radius 3 is 1.00 bits per heavy atom. The first kappa shape index (κ1) is 15.0. The number of hydrogen-bond donors (Lipinski definition) is 0. The quantitative estimate of drug-likeness (QED) is 0.775. The van der Waals surface area contributed by atoms with Crippen LogP contribution in [0, 0.1) is 23.7 Å². The number of anilines is 2. The van der Waals surface area contributed by atoms with E-state index in [0.29, 0.717) is 11.4 Å². The molecule has 0 N–H and O–H groups in total. The molecule has 2 heterocycles. The minimum atomic E-state index is -0.738. The number of para-hydroxylation sites is 2. The summed E-state index contributed by atoms with van der Waals surface area (Å²) in [7, 11) is 0. The maximum Gasteiger partial charge on any atom is 0.238 e. The molecule has 1 saturated carbocycles. The van der Waals surface area contributed by atoms with E-state index in [1.165, 1.54) is 0 Å². The van der Waals surface area contributed by atoms with Crippen LogP contribution in [0.25, 0.3) is 0 Å². The van der Waals surface area contributed by atoms with Gasteiger partial charge in [-0.05, 0) is 24.3 Å². The Kier molecular flexibility index (Phi) is 2.95. The topological polar surface area (TPSA) is 74.8 Å². The van der Waals surface area contributed by atoms with Gasteiger partial charge in [0.1, 0.15) is 0 Å². The smallest absolute Gasteiger partial charge is 0.238 e. The van der Waals surface area contributed by atoms with Crippen LogP contribution in [0.1, 0.15) is 0 Å². The Bertz CT molecular complexity index is 829. The molecule has 0 atom stereocenters. The van der Waals surface area contributed by atoms with Gasteiger partial charge < -0.3 is 0 Å². The van der Waals surface area contributed by atoms with Crippen molar-refractivity contribution in [3.8, 4) is 0 Å². The molecule has 2 aromatic carbocycles. The van der Waals surface area contributed by atoms with Gasteiger partial charge in [0.25, 0.3) is 0 Å². The predicted molar refractivity (Wildman–Crippen MR) is 91.8 cm³/mol. The monoisotopic (exact) mass is 346 g/mol. The van der Waals surface area contributed by atoms with Crippen LogP contribution < -0.4 is 9.80 Å². The first-order valence-electron chi connectivity index (χ1n) is 8.47. The van der Waals surface area contributed by atoms with Gasteiger partial charge in [0.05, 0.1) is 35.0 Å². The number of rotatable bonds is 2. The number of carbonyl (C=O) groups is 4. The molecule has 0 spiro atoms. The van der Waals surface area contributed by atoms with Crippen LogP contribution in [0.15, 0.2) is 60.7 Å². The minimum Gasteiger partial charge on any atom is -0.274 e. The molecule has 4 amide bonds. The minimum absolute atomic E-state index is 0.386. The summed E-state index contributed by atoms with van der Waals surface area (Å²) in [5, 5.41) is 0. The lowest BCUT2D eigenvalue weighted by atomic mass is 9.59. The summed E-state index contributed by atoms with van der Waals surface area (Å²) in [6, 6.07) is 17.3. The summed E-state index contributed by atoms with van der Waals surface area (Å²) in [6.07, 6.45) is 0. The largest absolute Gasteiger partial charge is 0.274 e. The Hall–Kier alpha value is -3.28. The second kappa shape index (κ2) is 5.11. The Morgan fingerprint density at radius 1 is 0.462 bits per heavy atom. The highest BCUT2D eigenvalue weighted by molar-refractivity contribution is 6.32. The van der Waals surface area contributed by atoms with Gasteiger partial charge in [-0.2, -0.15) is 0 Å². The van der Waals surface area contributed by atoms with Crippen molar-refractivity contribution in [2.24, 2.45) is 23.7 Å². The van der Waals surface area contributed by atoms with Crippen molar-refractivity contribution >= 4 is 35.0 Å². The van der Waals surface area contributed by atoms with E-state index >= 15 is 0 Å². The molecule has 5 rings (SSSR count). The summed E-state index contributed by atoms with van der Waals surface area (Å²) in [4.78, 5) is 53.6. The lowest BCUT2D eigenvalue weighted by molar-refractivity contribution is -0.146. The van der Waals surface area contributed by atoms with Crippen LogP contribution in [-0.2, 0) is 19.2 Å². The molecule has 0 aromatic heterocycles. The Balaban J connectivity index is 1.51. The fourth-order valence-electron chi connectivity index (χ4n) is 4.45. The van der Waals surface area contributed by atoms with E-state index in [-0.39, 0.29) is 23.6 Å². The predicted octanol–water partition coefficient (Wildman–Crippen LogP) is 1.61. The molecular weight excluding hydrogens is 332 g/mol. The second-order valence-corrected chi connectivity index (χ2v) is 6.80. The molecule has 0 radical (unpaired) electrons. The zero-order valence-corrected chi connectivity index (χ0v) is 13.6. The van der Waals surface area contributed by atoms with Gasteiger partial charge >= 0.3 is 0 Å². The molecule has 2 aliphatic heterocycles. The zero-order chi connectivity index (χ0) is 18.0. The maximum absolute atomic E-state index is 12.8. The van der Waals surface area contributed by atoms with E-state index in [0.717, 1.165) is 9.80 Å². The molecule has 0 unspecified atom stereocenters. The molecule has 0 bridgehead atoms. The normalized spacial score (nSPS) is 29.7. The summed E-state index contributed by atoms with van der Waals surface area (Å²) in [5.41, 5.74) is 0.963. The average Bonchev–Trinajstić information content (AvgIpc) is 2.95. The molecular formula is C20H14N2O4. The van der Waals surface area contributed by atoms with Crippen LogP contribution in [-0.4, -0.2) is 23.6 Å². The van der Waals surface area contributed by atoms with E-state index in [2.05, 4.69) is 0 Å². The summed E-state index contributed by atoms with van der Waals surface area (Å²) in [6.45, 7) is 0. The van der Waals surface area contributed by atoms with Crippen LogP contribution >= 0.6 is 0 Å². The van der Waals surface area contributed by atoms with Crippen molar-refractivity contribution in [2.45, 2.75) is 0 Å². The molecule has 1 aliphatic carbocycles. The van der Waals surface area contributed by atoms with Crippen molar-refractivity contribution in [3.63, 3.8) is 0 Å². The van der Waals surface area contributed by atoms with Crippen molar-refractivity contribution in [1.29, 1.82) is 0 Å². The fourth-order valence-corrected chi connectivity index (χ4v) is 4.45. The molecule has 2 aromatic rings. The van der Waals surface area contributed by atoms with E-state index < -0.39 is 23.7 Å². The lowest BCUT2D eigenvalue weighted by Gasteiger charge is -2.36. The van der Waals surface area contributed by atoms with E-state index in [9.17, 15) is 19.2 Å². The first-order valence-corrected chi connectivity index (χ1v) is 8.47. The lowest BCUT2D eigenvalue weighted by Crippen LogP contribution is -2.50. The third-order valence-electron chi connectivity index (χ3n) is 5.60. The summed E-state index contributed by atoms with van der Waals surface area (Å²) in [5.74, 6) is -4.49. The maximum atomic E-state index is 12.8. The van der Waals surface area contributed by atoms with Gasteiger partial charge in [-0.15, -0.1) is 0 Å². The Morgan fingerprint density at radius 2 is 0.731 bits per heavy atom. The van der Waals surface area contributed by atoms with Gasteiger partial charge in [-0.1, -0.05) is 36.4 Å². The van der Waals surface area contributed by atoms with Crippen molar-refractivity contribution in [2.75, 3.05) is 9.80 Å². The number of hydrogen-bond acceptors (Lipinski definition) is 4. The van der Waals surface area contributed by atoms with Gasteiger partial charge in [0.2, 0.25) is 23.6 Å². The van der Waals surface area contributed by atoms with Crippen LogP contribution in [0.2, 0.25) is 0 Å². The first-order chi connectivity index (χ1) is 12.6. The van der Waals surface area contributed by atoms with Crippen molar-refractivity contribution in [1.82, 2.24) is 0 Å². The third-order valence-corrected chi connectivity index (χ3v) is 5.60. The number of carbonyl (C=O) groups excluding carboxylic acids is 4. The standard InChI is InChI=1S/C20H14N2O4/c23-17-13-14(18(24)21(17)11-7-3-1-4-8-11)16-15(13)19(25)22(20(16)26)12-9-5-2-6-10-12/h1-10,13-16H. The second-order valence-electron chi connectivity index (χ2n) is 6.80. The summed E-state index contributed by atoms with van der Waals surface area (Å²) >= 11 is 0. The molecule has 3 aliphatic rings. The van der Waals surface area contributed by atoms with Gasteiger partial charge in [0.15, 0.2) is 0 Å². The van der Waals surface area contributed by atoms with Crippen LogP contribution in [0.3, 0.4) is 0 Å². The summed E-state index contributed by atoms with van der Waals surface area (Å²) < 4.78 is 0. The number of nitrogens with zero attached hydrogens (tertiary/aromatic N) is 2. The van der Waals surface area contributed by atoms with Crippen LogP contribution in [0.5, 0.6) is 0 Å². The van der Waals surface area contributed by atoms with Crippen LogP contribution in [0.4, 0.5) is 11.4 Å². The van der Waals surface area contributed by atoms with Crippen molar-refractivity contribution < 1.29 is 19.2 Å². The number of fused-ring (bicyclic) bond motifs is 4. The van der Waals surface area contributed by atoms with Gasteiger partial charge in [-0.3, -0.25) is 29.0 Å². The fraction of sp³-hybridized carbons (Fsp3) is 0.200. The molecule has 128 valence electrons. The highest BCUT2D eigenvalue weighted by atomic mass is 16.2. The third kappa shape index (κ3) is 1.71. The number of amides is 4.